The Morgan fingerprint density at radius 2 is 0.857 bits per heavy atom. The van der Waals surface area contributed by atoms with Crippen LogP contribution in [-0.4, -0.2) is 0 Å². The van der Waals surface area contributed by atoms with Crippen molar-refractivity contribution in [2.75, 3.05) is 0 Å². The van der Waals surface area contributed by atoms with E-state index in [1.54, 1.807) is 0 Å². The lowest BCUT2D eigenvalue weighted by Gasteiger charge is -2.12. The molecule has 134 valence electrons. The van der Waals surface area contributed by atoms with E-state index < -0.39 is 0 Å². The number of hydrogen-bond donors (Lipinski definition) is 0. The molecule has 5 aromatic rings. The van der Waals surface area contributed by atoms with Crippen LogP contribution >= 0.6 is 31.9 Å². The van der Waals surface area contributed by atoms with Crippen molar-refractivity contribution in [2.24, 2.45) is 0 Å². The van der Waals surface area contributed by atoms with E-state index >= 15 is 0 Å². The van der Waals surface area contributed by atoms with Gasteiger partial charge in [0.1, 0.15) is 0 Å². The van der Waals surface area contributed by atoms with Crippen LogP contribution in [0.1, 0.15) is 0 Å². The molecule has 0 bridgehead atoms. The molecule has 5 aromatic carbocycles. The van der Waals surface area contributed by atoms with Gasteiger partial charge in [-0.1, -0.05) is 84.9 Å². The van der Waals surface area contributed by atoms with E-state index in [4.69, 9.17) is 0 Å². The van der Waals surface area contributed by atoms with Crippen LogP contribution in [0, 0.1) is 0 Å². The first kappa shape index (κ1) is 17.7. The van der Waals surface area contributed by atoms with E-state index in [9.17, 15) is 0 Å². The molecule has 0 saturated carbocycles. The summed E-state index contributed by atoms with van der Waals surface area (Å²) in [6, 6.07) is 34.4. The molecule has 5 rings (SSSR count). The number of hydrogen-bond acceptors (Lipinski definition) is 0. The Labute approximate surface area is 181 Å². The standard InChI is InChI=1S/C26H16Br2/c27-25-21-11-4-5-12-22(21)26(28)24-16-20(13-14-23(24)25)19-10-6-9-18(15-19)17-7-2-1-3-8-17/h1-16H. The molecule has 0 aromatic heterocycles. The number of halogens is 2. The molecule has 2 heteroatoms. The van der Waals surface area contributed by atoms with Crippen LogP contribution in [0.3, 0.4) is 0 Å². The molecule has 0 amide bonds. The Morgan fingerprint density at radius 3 is 1.57 bits per heavy atom. The Balaban J connectivity index is 1.71. The fraction of sp³-hybridized carbons (Fsp3) is 0. The van der Waals surface area contributed by atoms with E-state index in [0.29, 0.717) is 0 Å². The first-order valence-electron chi connectivity index (χ1n) is 9.18. The third-order valence-corrected chi connectivity index (χ3v) is 6.90. The summed E-state index contributed by atoms with van der Waals surface area (Å²) in [5.74, 6) is 0. The summed E-state index contributed by atoms with van der Waals surface area (Å²) in [5.41, 5.74) is 4.91. The monoisotopic (exact) mass is 486 g/mol. The lowest BCUT2D eigenvalue weighted by atomic mass is 9.96. The van der Waals surface area contributed by atoms with Gasteiger partial charge in [0, 0.05) is 8.95 Å². The van der Waals surface area contributed by atoms with Gasteiger partial charge >= 0.3 is 0 Å². The summed E-state index contributed by atoms with van der Waals surface area (Å²) >= 11 is 7.67. The summed E-state index contributed by atoms with van der Waals surface area (Å²) in [6.45, 7) is 0. The molecule has 28 heavy (non-hydrogen) atoms. The molecule has 0 aliphatic carbocycles. The molecule has 0 radical (unpaired) electrons. The molecule has 0 unspecified atom stereocenters. The van der Waals surface area contributed by atoms with Crippen molar-refractivity contribution in [1.82, 2.24) is 0 Å². The van der Waals surface area contributed by atoms with E-state index in [1.165, 1.54) is 43.8 Å². The van der Waals surface area contributed by atoms with E-state index in [-0.39, 0.29) is 0 Å². The topological polar surface area (TPSA) is 0 Å². The van der Waals surface area contributed by atoms with Crippen molar-refractivity contribution in [3.63, 3.8) is 0 Å². The Kier molecular flexibility index (Phi) is 4.54. The molecule has 0 aliphatic rings. The molecule has 0 atom stereocenters. The maximum Gasteiger partial charge on any atom is 0.0333 e. The predicted octanol–water partition coefficient (Wildman–Crippen LogP) is 8.85. The SMILES string of the molecule is Brc1c2ccccc2c(Br)c2cc(-c3cccc(-c4ccccc4)c3)ccc12. The predicted molar refractivity (Wildman–Crippen MR) is 128 cm³/mol. The molecule has 0 saturated heterocycles. The van der Waals surface area contributed by atoms with Gasteiger partial charge in [-0.2, -0.15) is 0 Å². The largest absolute Gasteiger partial charge is 0.0622 e. The summed E-state index contributed by atoms with van der Waals surface area (Å²) < 4.78 is 2.29. The molecule has 0 nitrogen and oxygen atoms in total. The number of rotatable bonds is 2. The first-order valence-corrected chi connectivity index (χ1v) is 10.8. The highest BCUT2D eigenvalue weighted by molar-refractivity contribution is 9.11. The van der Waals surface area contributed by atoms with Crippen LogP contribution in [0.15, 0.2) is 106 Å². The third kappa shape index (κ3) is 2.97. The van der Waals surface area contributed by atoms with Crippen molar-refractivity contribution in [2.45, 2.75) is 0 Å². The van der Waals surface area contributed by atoms with Gasteiger partial charge in [0.2, 0.25) is 0 Å². The highest BCUT2D eigenvalue weighted by Crippen LogP contribution is 2.41. The van der Waals surface area contributed by atoms with E-state index in [1.807, 2.05) is 0 Å². The van der Waals surface area contributed by atoms with Crippen LogP contribution < -0.4 is 0 Å². The summed E-state index contributed by atoms with van der Waals surface area (Å²) in [6.07, 6.45) is 0. The van der Waals surface area contributed by atoms with Crippen LogP contribution in [0.5, 0.6) is 0 Å². The van der Waals surface area contributed by atoms with Crippen LogP contribution in [-0.2, 0) is 0 Å². The zero-order valence-corrected chi connectivity index (χ0v) is 18.2. The van der Waals surface area contributed by atoms with Gasteiger partial charge in [-0.15, -0.1) is 0 Å². The minimum atomic E-state index is 1.14. The van der Waals surface area contributed by atoms with Crippen LogP contribution in [0.2, 0.25) is 0 Å². The highest BCUT2D eigenvalue weighted by atomic mass is 79.9. The smallest absolute Gasteiger partial charge is 0.0333 e. The summed E-state index contributed by atoms with van der Waals surface area (Å²) in [4.78, 5) is 0. The minimum absolute atomic E-state index is 1.14. The molecule has 0 fully saturated rings. The maximum atomic E-state index is 3.85. The quantitative estimate of drug-likeness (QED) is 0.218. The van der Waals surface area contributed by atoms with Crippen molar-refractivity contribution in [1.29, 1.82) is 0 Å². The molecule has 0 heterocycles. The zero-order valence-electron chi connectivity index (χ0n) is 15.0. The third-order valence-electron chi connectivity index (χ3n) is 5.20. The molecule has 0 N–H and O–H groups in total. The van der Waals surface area contributed by atoms with Crippen molar-refractivity contribution in [3.8, 4) is 22.3 Å². The average Bonchev–Trinajstić information content (AvgIpc) is 2.78. The minimum Gasteiger partial charge on any atom is -0.0622 e. The summed E-state index contributed by atoms with van der Waals surface area (Å²) in [7, 11) is 0. The summed E-state index contributed by atoms with van der Waals surface area (Å²) in [5, 5.41) is 4.87. The van der Waals surface area contributed by atoms with E-state index in [2.05, 4.69) is 129 Å². The second-order valence-electron chi connectivity index (χ2n) is 6.88. The Morgan fingerprint density at radius 1 is 0.357 bits per heavy atom. The van der Waals surface area contributed by atoms with Gasteiger partial charge in [-0.05, 0) is 87.8 Å². The molecular formula is C26H16Br2. The molecule has 0 aliphatic heterocycles. The van der Waals surface area contributed by atoms with Crippen LogP contribution in [0.25, 0.3) is 43.8 Å². The molecule has 0 spiro atoms. The Hall–Kier alpha value is -2.42. The highest BCUT2D eigenvalue weighted by Gasteiger charge is 2.12. The molecular weight excluding hydrogens is 472 g/mol. The van der Waals surface area contributed by atoms with Crippen molar-refractivity contribution in [3.05, 3.63) is 106 Å². The lowest BCUT2D eigenvalue weighted by molar-refractivity contribution is 1.60. The Bertz CT molecular complexity index is 1320. The van der Waals surface area contributed by atoms with E-state index in [0.717, 1.165) is 8.95 Å². The average molecular weight is 488 g/mol. The van der Waals surface area contributed by atoms with Gasteiger partial charge in [-0.3, -0.25) is 0 Å². The normalized spacial score (nSPS) is 11.2. The number of fused-ring (bicyclic) bond motifs is 2. The van der Waals surface area contributed by atoms with Gasteiger partial charge in [0.15, 0.2) is 0 Å². The fourth-order valence-corrected chi connectivity index (χ4v) is 5.13. The first-order chi connectivity index (χ1) is 13.7. The van der Waals surface area contributed by atoms with Gasteiger partial charge in [0.05, 0.1) is 0 Å². The maximum absolute atomic E-state index is 3.85. The second kappa shape index (κ2) is 7.20. The zero-order chi connectivity index (χ0) is 19.1. The lowest BCUT2D eigenvalue weighted by Crippen LogP contribution is -1.85. The van der Waals surface area contributed by atoms with Gasteiger partial charge in [0.25, 0.3) is 0 Å². The van der Waals surface area contributed by atoms with Crippen molar-refractivity contribution < 1.29 is 0 Å². The van der Waals surface area contributed by atoms with Crippen LogP contribution in [0.4, 0.5) is 0 Å². The van der Waals surface area contributed by atoms with Gasteiger partial charge in [-0.25, -0.2) is 0 Å². The number of benzene rings is 5. The fourth-order valence-electron chi connectivity index (χ4n) is 3.76. The van der Waals surface area contributed by atoms with Crippen molar-refractivity contribution >= 4 is 53.4 Å². The second-order valence-corrected chi connectivity index (χ2v) is 8.47. The van der Waals surface area contributed by atoms with Gasteiger partial charge < -0.3 is 0 Å².